The standard InChI is InChI=1S/C25H23ClFN7O/c26-21-10-18(32-24(22-13-30-34-33-22)14-4-6-16(27)7-5-14)9-20-23(15(11-28)12-29-25(20)21)31-17-2-1-3-19(35)8-17/h4-7,9-10,12-13,17,19,24,32,35H,1-3,8H2,(H,29,31)(H,30,33,34). The first kappa shape index (κ1) is 23.0. The second-order valence-electron chi connectivity index (χ2n) is 8.70. The van der Waals surface area contributed by atoms with Crippen molar-refractivity contribution in [1.82, 2.24) is 20.4 Å². The zero-order valence-corrected chi connectivity index (χ0v) is 19.4. The number of H-pyrrole nitrogens is 1. The van der Waals surface area contributed by atoms with E-state index >= 15 is 0 Å². The fraction of sp³-hybridized carbons (Fsp3) is 0.280. The van der Waals surface area contributed by atoms with Crippen LogP contribution in [0, 0.1) is 17.1 Å². The number of nitrogens with zero attached hydrogens (tertiary/aromatic N) is 4. The Morgan fingerprint density at radius 2 is 2.03 bits per heavy atom. The van der Waals surface area contributed by atoms with Crippen molar-refractivity contribution < 1.29 is 9.50 Å². The molecule has 4 aromatic rings. The molecular weight excluding hydrogens is 469 g/mol. The molecular formula is C25H23ClFN7O. The number of halogens is 2. The van der Waals surface area contributed by atoms with Crippen molar-refractivity contribution in [3.05, 3.63) is 76.5 Å². The Hall–Kier alpha value is -3.74. The Kier molecular flexibility index (Phi) is 6.49. The van der Waals surface area contributed by atoms with Crippen molar-refractivity contribution in [3.63, 3.8) is 0 Å². The maximum Gasteiger partial charge on any atom is 0.123 e. The number of pyridine rings is 1. The number of rotatable bonds is 6. The van der Waals surface area contributed by atoms with Crippen LogP contribution < -0.4 is 10.6 Å². The first-order valence-corrected chi connectivity index (χ1v) is 11.7. The van der Waals surface area contributed by atoms with Gasteiger partial charge in [-0.05, 0) is 55.5 Å². The first-order chi connectivity index (χ1) is 17.0. The topological polar surface area (TPSA) is 123 Å². The highest BCUT2D eigenvalue weighted by Gasteiger charge is 2.23. The Balaban J connectivity index is 1.56. The highest BCUT2D eigenvalue weighted by atomic mass is 35.5. The monoisotopic (exact) mass is 491 g/mol. The molecule has 0 bridgehead atoms. The summed E-state index contributed by atoms with van der Waals surface area (Å²) in [7, 11) is 0. The number of nitrogens with one attached hydrogen (secondary N) is 3. The van der Waals surface area contributed by atoms with Gasteiger partial charge in [-0.3, -0.25) is 4.98 Å². The van der Waals surface area contributed by atoms with Gasteiger partial charge in [-0.25, -0.2) is 4.39 Å². The fourth-order valence-electron chi connectivity index (χ4n) is 4.58. The Labute approximate surface area is 206 Å². The molecule has 5 rings (SSSR count). The van der Waals surface area contributed by atoms with Gasteiger partial charge in [0.05, 0.1) is 40.1 Å². The lowest BCUT2D eigenvalue weighted by molar-refractivity contribution is 0.124. The molecule has 1 aliphatic carbocycles. The summed E-state index contributed by atoms with van der Waals surface area (Å²) in [6.07, 6.45) is 5.95. The van der Waals surface area contributed by atoms with E-state index in [2.05, 4.69) is 37.1 Å². The van der Waals surface area contributed by atoms with Gasteiger partial charge >= 0.3 is 0 Å². The molecule has 0 amide bonds. The lowest BCUT2D eigenvalue weighted by atomic mass is 9.92. The summed E-state index contributed by atoms with van der Waals surface area (Å²) < 4.78 is 13.6. The van der Waals surface area contributed by atoms with Crippen molar-refractivity contribution in [3.8, 4) is 6.07 Å². The van der Waals surface area contributed by atoms with Gasteiger partial charge < -0.3 is 15.7 Å². The van der Waals surface area contributed by atoms with Crippen molar-refractivity contribution >= 4 is 33.9 Å². The van der Waals surface area contributed by atoms with Gasteiger partial charge in [0.25, 0.3) is 0 Å². The number of aromatic nitrogens is 4. The second-order valence-corrected chi connectivity index (χ2v) is 9.11. The number of aliphatic hydroxyl groups excluding tert-OH is 1. The summed E-state index contributed by atoms with van der Waals surface area (Å²) >= 11 is 6.63. The molecule has 0 saturated heterocycles. The average molecular weight is 492 g/mol. The average Bonchev–Trinajstić information content (AvgIpc) is 3.38. The van der Waals surface area contributed by atoms with E-state index in [0.717, 1.165) is 24.8 Å². The molecule has 2 heterocycles. The summed E-state index contributed by atoms with van der Waals surface area (Å²) in [5, 5.41) is 38.6. The predicted molar refractivity (Wildman–Crippen MR) is 132 cm³/mol. The number of benzene rings is 2. The molecule has 1 aliphatic rings. The molecule has 35 heavy (non-hydrogen) atoms. The lowest BCUT2D eigenvalue weighted by Gasteiger charge is -2.28. The summed E-state index contributed by atoms with van der Waals surface area (Å²) in [5.74, 6) is -0.333. The minimum absolute atomic E-state index is 0.0361. The summed E-state index contributed by atoms with van der Waals surface area (Å²) in [6.45, 7) is 0. The molecule has 3 unspecified atom stereocenters. The van der Waals surface area contributed by atoms with Crippen LogP contribution in [0.15, 0.2) is 48.8 Å². The molecule has 4 N–H and O–H groups in total. The third kappa shape index (κ3) is 4.90. The summed E-state index contributed by atoms with van der Waals surface area (Å²) in [4.78, 5) is 4.42. The molecule has 0 aliphatic heterocycles. The van der Waals surface area contributed by atoms with Crippen LogP contribution in [0.3, 0.4) is 0 Å². The molecule has 8 nitrogen and oxygen atoms in total. The Morgan fingerprint density at radius 1 is 1.20 bits per heavy atom. The van der Waals surface area contributed by atoms with E-state index in [0.29, 0.717) is 45.0 Å². The normalized spacial score (nSPS) is 18.7. The van der Waals surface area contributed by atoms with E-state index < -0.39 is 6.04 Å². The van der Waals surface area contributed by atoms with Crippen LogP contribution in [0.2, 0.25) is 5.02 Å². The summed E-state index contributed by atoms with van der Waals surface area (Å²) in [6, 6.07) is 11.6. The molecule has 1 fully saturated rings. The molecule has 3 atom stereocenters. The van der Waals surface area contributed by atoms with E-state index in [4.69, 9.17) is 11.6 Å². The van der Waals surface area contributed by atoms with Crippen LogP contribution in [0.1, 0.15) is 48.5 Å². The van der Waals surface area contributed by atoms with Crippen LogP contribution in [0.25, 0.3) is 10.9 Å². The second kappa shape index (κ2) is 9.86. The molecule has 0 radical (unpaired) electrons. The highest BCUT2D eigenvalue weighted by molar-refractivity contribution is 6.35. The number of nitriles is 1. The van der Waals surface area contributed by atoms with Crippen molar-refractivity contribution in [2.75, 3.05) is 10.6 Å². The molecule has 0 spiro atoms. The van der Waals surface area contributed by atoms with Crippen molar-refractivity contribution in [1.29, 1.82) is 5.26 Å². The van der Waals surface area contributed by atoms with Crippen molar-refractivity contribution in [2.24, 2.45) is 0 Å². The number of hydrogen-bond acceptors (Lipinski definition) is 7. The maximum absolute atomic E-state index is 13.6. The molecule has 10 heteroatoms. The zero-order chi connectivity index (χ0) is 24.4. The number of anilines is 2. The predicted octanol–water partition coefficient (Wildman–Crippen LogP) is 4.93. The van der Waals surface area contributed by atoms with Gasteiger partial charge in [-0.1, -0.05) is 23.7 Å². The smallest absolute Gasteiger partial charge is 0.123 e. The van der Waals surface area contributed by atoms with E-state index in [9.17, 15) is 14.8 Å². The largest absolute Gasteiger partial charge is 0.393 e. The van der Waals surface area contributed by atoms with Gasteiger partial charge in [0, 0.05) is 23.3 Å². The minimum Gasteiger partial charge on any atom is -0.393 e. The third-order valence-corrected chi connectivity index (χ3v) is 6.57. The first-order valence-electron chi connectivity index (χ1n) is 11.4. The van der Waals surface area contributed by atoms with Crippen LogP contribution in [-0.4, -0.2) is 37.6 Å². The van der Waals surface area contributed by atoms with Gasteiger partial charge in [-0.2, -0.15) is 20.7 Å². The number of aromatic amines is 1. The number of aliphatic hydroxyl groups is 1. The molecule has 1 saturated carbocycles. The molecule has 2 aromatic carbocycles. The number of fused-ring (bicyclic) bond motifs is 1. The highest BCUT2D eigenvalue weighted by Crippen LogP contribution is 2.36. The van der Waals surface area contributed by atoms with E-state index in [1.54, 1.807) is 24.4 Å². The lowest BCUT2D eigenvalue weighted by Crippen LogP contribution is -2.30. The van der Waals surface area contributed by atoms with Crippen LogP contribution in [-0.2, 0) is 0 Å². The van der Waals surface area contributed by atoms with Gasteiger partial charge in [-0.15, -0.1) is 0 Å². The van der Waals surface area contributed by atoms with Crippen LogP contribution in [0.5, 0.6) is 0 Å². The van der Waals surface area contributed by atoms with E-state index in [-0.39, 0.29) is 18.0 Å². The van der Waals surface area contributed by atoms with Gasteiger partial charge in [0.15, 0.2) is 0 Å². The van der Waals surface area contributed by atoms with Crippen molar-refractivity contribution in [2.45, 2.75) is 43.9 Å². The zero-order valence-electron chi connectivity index (χ0n) is 18.7. The molecule has 178 valence electrons. The maximum atomic E-state index is 13.6. The third-order valence-electron chi connectivity index (χ3n) is 6.28. The summed E-state index contributed by atoms with van der Waals surface area (Å²) in [5.41, 5.74) is 3.68. The van der Waals surface area contributed by atoms with Crippen LogP contribution in [0.4, 0.5) is 15.8 Å². The van der Waals surface area contributed by atoms with E-state index in [1.807, 2.05) is 6.07 Å². The fourth-order valence-corrected chi connectivity index (χ4v) is 4.85. The number of hydrogen-bond donors (Lipinski definition) is 4. The minimum atomic E-state index is -0.431. The Bertz CT molecular complexity index is 1370. The Morgan fingerprint density at radius 3 is 2.74 bits per heavy atom. The molecule has 2 aromatic heterocycles. The van der Waals surface area contributed by atoms with Gasteiger partial charge in [0.2, 0.25) is 0 Å². The van der Waals surface area contributed by atoms with E-state index in [1.165, 1.54) is 18.3 Å². The van der Waals surface area contributed by atoms with Gasteiger partial charge in [0.1, 0.15) is 17.6 Å². The van der Waals surface area contributed by atoms with Crippen LogP contribution >= 0.6 is 11.6 Å². The quantitative estimate of drug-likeness (QED) is 0.301. The SMILES string of the molecule is N#Cc1cnc2c(Cl)cc(NC(c3ccc(F)cc3)c3cn[nH]n3)cc2c1NC1CCCC(O)C1.